The lowest BCUT2D eigenvalue weighted by atomic mass is 9.89. The molecular weight excluding hydrogens is 292 g/mol. The number of rotatable bonds is 3. The van der Waals surface area contributed by atoms with Crippen molar-refractivity contribution in [1.29, 1.82) is 0 Å². The van der Waals surface area contributed by atoms with Crippen LogP contribution in [0.4, 0.5) is 0 Å². The van der Waals surface area contributed by atoms with Gasteiger partial charge in [0.25, 0.3) is 5.91 Å². The molecule has 1 amide bonds. The zero-order valence-electron chi connectivity index (χ0n) is 13.0. The quantitative estimate of drug-likeness (QED) is 0.782. The zero-order chi connectivity index (χ0) is 15.5. The van der Waals surface area contributed by atoms with Gasteiger partial charge in [-0.15, -0.1) is 6.58 Å². The first kappa shape index (κ1) is 15.2. The van der Waals surface area contributed by atoms with Gasteiger partial charge in [-0.3, -0.25) is 4.79 Å². The third-order valence-electron chi connectivity index (χ3n) is 4.37. The number of fused-ring (bicyclic) bond motifs is 1. The number of benzene rings is 1. The van der Waals surface area contributed by atoms with Crippen LogP contribution in [0.1, 0.15) is 37.7 Å². The fourth-order valence-electron chi connectivity index (χ4n) is 3.23. The highest BCUT2D eigenvalue weighted by Gasteiger charge is 2.21. The maximum atomic E-state index is 12.5. The van der Waals surface area contributed by atoms with E-state index in [4.69, 9.17) is 0 Å². The van der Waals surface area contributed by atoms with Gasteiger partial charge in [0.2, 0.25) is 0 Å². The number of allylic oxidation sites excluding steroid dienone is 1. The smallest absolute Gasteiger partial charge is 0.251 e. The highest BCUT2D eigenvalue weighted by molar-refractivity contribution is 7.16. The summed E-state index contributed by atoms with van der Waals surface area (Å²) < 4.78 is 3.29. The second-order valence-electron chi connectivity index (χ2n) is 5.99. The van der Waals surface area contributed by atoms with Crippen molar-refractivity contribution in [2.75, 3.05) is 0 Å². The van der Waals surface area contributed by atoms with Crippen molar-refractivity contribution >= 4 is 27.5 Å². The van der Waals surface area contributed by atoms with E-state index in [1.165, 1.54) is 22.2 Å². The monoisotopic (exact) mass is 314 g/mol. The average molecular weight is 314 g/mol. The molecule has 3 rings (SSSR count). The van der Waals surface area contributed by atoms with Crippen LogP contribution in [-0.2, 0) is 11.3 Å². The van der Waals surface area contributed by atoms with E-state index in [0.717, 1.165) is 30.5 Å². The largest absolute Gasteiger partial charge is 0.312 e. The van der Waals surface area contributed by atoms with Gasteiger partial charge in [-0.2, -0.15) is 4.99 Å². The van der Waals surface area contributed by atoms with E-state index in [0.29, 0.717) is 6.54 Å². The van der Waals surface area contributed by atoms with Gasteiger partial charge in [0.1, 0.15) is 0 Å². The third-order valence-corrected chi connectivity index (χ3v) is 5.42. The Morgan fingerprint density at radius 3 is 2.91 bits per heavy atom. The molecule has 0 N–H and O–H groups in total. The second-order valence-corrected chi connectivity index (χ2v) is 7.00. The van der Waals surface area contributed by atoms with Gasteiger partial charge in [0.05, 0.1) is 10.2 Å². The first-order valence-corrected chi connectivity index (χ1v) is 8.81. The molecule has 0 unspecified atom stereocenters. The number of carbonyl (C=O) groups is 1. The van der Waals surface area contributed by atoms with Crippen molar-refractivity contribution in [3.63, 3.8) is 0 Å². The predicted molar refractivity (Wildman–Crippen MR) is 91.9 cm³/mol. The Kier molecular flexibility index (Phi) is 4.57. The van der Waals surface area contributed by atoms with Crippen molar-refractivity contribution in [3.05, 3.63) is 41.2 Å². The van der Waals surface area contributed by atoms with Crippen molar-refractivity contribution < 1.29 is 4.79 Å². The Morgan fingerprint density at radius 2 is 2.18 bits per heavy atom. The minimum atomic E-state index is 0.0571. The molecule has 1 heterocycles. The van der Waals surface area contributed by atoms with E-state index in [2.05, 4.69) is 41.3 Å². The molecule has 4 heteroatoms. The average Bonchev–Trinajstić information content (AvgIpc) is 2.87. The van der Waals surface area contributed by atoms with Gasteiger partial charge in [-0.05, 0) is 31.4 Å². The SMILES string of the molecule is C=CCn1c(=NC(=O)C2CCCCC2)sc2cccc(C)c21. The normalized spacial score (nSPS) is 17.0. The molecule has 116 valence electrons. The van der Waals surface area contributed by atoms with Gasteiger partial charge >= 0.3 is 0 Å². The Balaban J connectivity index is 2.07. The fraction of sp³-hybridized carbons (Fsp3) is 0.444. The fourth-order valence-corrected chi connectivity index (χ4v) is 4.35. The van der Waals surface area contributed by atoms with Crippen LogP contribution in [0.15, 0.2) is 35.8 Å². The van der Waals surface area contributed by atoms with Crippen molar-refractivity contribution in [1.82, 2.24) is 4.57 Å². The van der Waals surface area contributed by atoms with Crippen LogP contribution >= 0.6 is 11.3 Å². The van der Waals surface area contributed by atoms with Crippen molar-refractivity contribution in [2.24, 2.45) is 10.9 Å². The number of para-hydroxylation sites is 1. The van der Waals surface area contributed by atoms with Crippen LogP contribution in [0.3, 0.4) is 0 Å². The number of amides is 1. The highest BCUT2D eigenvalue weighted by atomic mass is 32.1. The molecule has 3 nitrogen and oxygen atoms in total. The predicted octanol–water partition coefficient (Wildman–Crippen LogP) is 4.20. The van der Waals surface area contributed by atoms with Crippen LogP contribution in [0, 0.1) is 12.8 Å². The molecule has 1 aromatic carbocycles. The lowest BCUT2D eigenvalue weighted by molar-refractivity contribution is -0.122. The summed E-state index contributed by atoms with van der Waals surface area (Å²) in [7, 11) is 0. The molecule has 1 fully saturated rings. The number of carbonyl (C=O) groups excluding carboxylic acids is 1. The molecule has 1 saturated carbocycles. The maximum Gasteiger partial charge on any atom is 0.251 e. The molecule has 0 aliphatic heterocycles. The summed E-state index contributed by atoms with van der Waals surface area (Å²) in [6, 6.07) is 6.25. The number of thiazole rings is 1. The zero-order valence-corrected chi connectivity index (χ0v) is 13.9. The first-order chi connectivity index (χ1) is 10.7. The molecular formula is C18H22N2OS. The van der Waals surface area contributed by atoms with Crippen LogP contribution in [0.25, 0.3) is 10.2 Å². The van der Waals surface area contributed by atoms with E-state index in [9.17, 15) is 4.79 Å². The summed E-state index contributed by atoms with van der Waals surface area (Å²) >= 11 is 1.60. The van der Waals surface area contributed by atoms with Crippen LogP contribution in [-0.4, -0.2) is 10.5 Å². The van der Waals surface area contributed by atoms with E-state index in [1.807, 2.05) is 6.08 Å². The summed E-state index contributed by atoms with van der Waals surface area (Å²) in [4.78, 5) is 17.8. The summed E-state index contributed by atoms with van der Waals surface area (Å²) in [6.45, 7) is 6.62. The van der Waals surface area contributed by atoms with Crippen LogP contribution in [0.2, 0.25) is 0 Å². The molecule has 22 heavy (non-hydrogen) atoms. The summed E-state index contributed by atoms with van der Waals surface area (Å²) in [6.07, 6.45) is 7.42. The maximum absolute atomic E-state index is 12.5. The van der Waals surface area contributed by atoms with Crippen molar-refractivity contribution in [2.45, 2.75) is 45.6 Å². The number of hydrogen-bond acceptors (Lipinski definition) is 2. The molecule has 2 aromatic rings. The van der Waals surface area contributed by atoms with Gasteiger partial charge < -0.3 is 4.57 Å². The Hall–Kier alpha value is -1.68. The van der Waals surface area contributed by atoms with Crippen LogP contribution in [0.5, 0.6) is 0 Å². The Labute approximate surface area is 135 Å². The lowest BCUT2D eigenvalue weighted by Crippen LogP contribution is -2.21. The van der Waals surface area contributed by atoms with Gasteiger partial charge in [0.15, 0.2) is 4.80 Å². The summed E-state index contributed by atoms with van der Waals surface area (Å²) in [5, 5.41) is 0. The molecule has 0 spiro atoms. The minimum Gasteiger partial charge on any atom is -0.312 e. The van der Waals surface area contributed by atoms with E-state index < -0.39 is 0 Å². The molecule has 1 aliphatic carbocycles. The number of hydrogen-bond donors (Lipinski definition) is 0. The van der Waals surface area contributed by atoms with Crippen molar-refractivity contribution in [3.8, 4) is 0 Å². The number of aromatic nitrogens is 1. The lowest BCUT2D eigenvalue weighted by Gasteiger charge is -2.17. The van der Waals surface area contributed by atoms with Gasteiger partial charge in [0, 0.05) is 12.5 Å². The molecule has 1 aliphatic rings. The van der Waals surface area contributed by atoms with Gasteiger partial charge in [-0.1, -0.05) is 48.8 Å². The number of aryl methyl sites for hydroxylation is 1. The third kappa shape index (κ3) is 2.93. The molecule has 0 atom stereocenters. The standard InChI is InChI=1S/C18H22N2OS/c1-3-12-20-16-13(2)8-7-11-15(16)22-18(20)19-17(21)14-9-5-4-6-10-14/h3,7-8,11,14H,1,4-6,9-10,12H2,2H3. The molecule has 1 aromatic heterocycles. The first-order valence-electron chi connectivity index (χ1n) is 7.99. The second kappa shape index (κ2) is 6.61. The highest BCUT2D eigenvalue weighted by Crippen LogP contribution is 2.25. The van der Waals surface area contributed by atoms with Gasteiger partial charge in [-0.25, -0.2) is 0 Å². The van der Waals surface area contributed by atoms with Crippen LogP contribution < -0.4 is 4.80 Å². The number of nitrogens with zero attached hydrogens (tertiary/aromatic N) is 2. The summed E-state index contributed by atoms with van der Waals surface area (Å²) in [5.74, 6) is 0.180. The Bertz CT molecular complexity index is 763. The minimum absolute atomic E-state index is 0.0571. The van der Waals surface area contributed by atoms with E-state index in [1.54, 1.807) is 11.3 Å². The van der Waals surface area contributed by atoms with E-state index >= 15 is 0 Å². The molecule has 0 radical (unpaired) electrons. The van der Waals surface area contributed by atoms with E-state index in [-0.39, 0.29) is 11.8 Å². The Morgan fingerprint density at radius 1 is 1.41 bits per heavy atom. The molecule has 0 saturated heterocycles. The topological polar surface area (TPSA) is 34.4 Å². The summed E-state index contributed by atoms with van der Waals surface area (Å²) in [5.41, 5.74) is 2.38. The molecule has 0 bridgehead atoms.